The van der Waals surface area contributed by atoms with Crippen molar-refractivity contribution in [1.82, 2.24) is 9.97 Å². The Kier molecular flexibility index (Phi) is 3.11. The molecule has 16 heavy (non-hydrogen) atoms. The maximum absolute atomic E-state index is 11.6. The molecule has 82 valence electrons. The second-order valence-corrected chi connectivity index (χ2v) is 4.03. The van der Waals surface area contributed by atoms with E-state index in [0.717, 1.165) is 5.69 Å². The normalized spacial score (nSPS) is 10.0. The maximum atomic E-state index is 11.6. The molecule has 1 amide bonds. The standard InChI is InChI=1S/C10H10N4OS/c11-10-14-8(6-16-10)5-9(15)13-7-1-3-12-4-2-7/h1-4,6H,5H2,(H2,11,14)(H,12,13,15). The molecule has 0 saturated carbocycles. The Morgan fingerprint density at radius 1 is 1.44 bits per heavy atom. The van der Waals surface area contributed by atoms with Crippen molar-refractivity contribution in [2.75, 3.05) is 11.1 Å². The Hall–Kier alpha value is -1.95. The largest absolute Gasteiger partial charge is 0.375 e. The summed E-state index contributed by atoms with van der Waals surface area (Å²) < 4.78 is 0. The van der Waals surface area contributed by atoms with Crippen LogP contribution in [0.3, 0.4) is 0 Å². The molecule has 2 aromatic rings. The minimum absolute atomic E-state index is 0.114. The summed E-state index contributed by atoms with van der Waals surface area (Å²) in [6, 6.07) is 3.46. The Bertz CT molecular complexity index is 483. The first-order valence-corrected chi connectivity index (χ1v) is 5.52. The third kappa shape index (κ3) is 2.77. The van der Waals surface area contributed by atoms with Crippen LogP contribution in [0.1, 0.15) is 5.69 Å². The van der Waals surface area contributed by atoms with Gasteiger partial charge in [0.15, 0.2) is 5.13 Å². The number of nitrogens with two attached hydrogens (primary N) is 1. The SMILES string of the molecule is Nc1nc(CC(=O)Nc2ccncc2)cs1. The van der Waals surface area contributed by atoms with E-state index in [-0.39, 0.29) is 12.3 Å². The Morgan fingerprint density at radius 3 is 2.81 bits per heavy atom. The number of amides is 1. The summed E-state index contributed by atoms with van der Waals surface area (Å²) >= 11 is 1.33. The van der Waals surface area contributed by atoms with E-state index in [0.29, 0.717) is 10.8 Å². The first kappa shape index (κ1) is 10.6. The van der Waals surface area contributed by atoms with Crippen LogP contribution in [0.2, 0.25) is 0 Å². The minimum atomic E-state index is -0.114. The molecule has 0 bridgehead atoms. The molecule has 0 spiro atoms. The maximum Gasteiger partial charge on any atom is 0.230 e. The van der Waals surface area contributed by atoms with Gasteiger partial charge in [0.1, 0.15) is 0 Å². The van der Waals surface area contributed by atoms with E-state index in [1.807, 2.05) is 0 Å². The topological polar surface area (TPSA) is 80.9 Å². The number of anilines is 2. The number of nitrogens with one attached hydrogen (secondary N) is 1. The number of thiazole rings is 1. The molecule has 0 fully saturated rings. The summed E-state index contributed by atoms with van der Waals surface area (Å²) in [5.74, 6) is -0.114. The molecule has 3 N–H and O–H groups in total. The van der Waals surface area contributed by atoms with E-state index >= 15 is 0 Å². The van der Waals surface area contributed by atoms with Crippen molar-refractivity contribution in [3.63, 3.8) is 0 Å². The quantitative estimate of drug-likeness (QED) is 0.838. The molecular weight excluding hydrogens is 224 g/mol. The average molecular weight is 234 g/mol. The second kappa shape index (κ2) is 4.71. The average Bonchev–Trinajstić information content (AvgIpc) is 2.65. The van der Waals surface area contributed by atoms with Gasteiger partial charge >= 0.3 is 0 Å². The molecule has 0 aromatic carbocycles. The Morgan fingerprint density at radius 2 is 2.19 bits per heavy atom. The summed E-state index contributed by atoms with van der Waals surface area (Å²) in [5, 5.41) is 5.00. The highest BCUT2D eigenvalue weighted by Crippen LogP contribution is 2.12. The fraction of sp³-hybridized carbons (Fsp3) is 0.100. The molecule has 0 unspecified atom stereocenters. The van der Waals surface area contributed by atoms with Gasteiger partial charge in [-0.15, -0.1) is 11.3 Å². The first-order chi connectivity index (χ1) is 7.74. The number of hydrogen-bond acceptors (Lipinski definition) is 5. The van der Waals surface area contributed by atoms with Crippen LogP contribution in [0.5, 0.6) is 0 Å². The lowest BCUT2D eigenvalue weighted by atomic mass is 10.3. The lowest BCUT2D eigenvalue weighted by molar-refractivity contribution is -0.115. The van der Waals surface area contributed by atoms with Gasteiger partial charge in [0.25, 0.3) is 0 Å². The molecule has 2 aromatic heterocycles. The Labute approximate surface area is 96.3 Å². The molecule has 0 aliphatic carbocycles. The zero-order valence-electron chi connectivity index (χ0n) is 8.38. The lowest BCUT2D eigenvalue weighted by Crippen LogP contribution is -2.14. The van der Waals surface area contributed by atoms with Crippen molar-refractivity contribution < 1.29 is 4.79 Å². The summed E-state index contributed by atoms with van der Waals surface area (Å²) in [4.78, 5) is 19.5. The Balaban J connectivity index is 1.95. The van der Waals surface area contributed by atoms with Crippen LogP contribution in [-0.4, -0.2) is 15.9 Å². The number of hydrogen-bond donors (Lipinski definition) is 2. The van der Waals surface area contributed by atoms with Crippen LogP contribution in [-0.2, 0) is 11.2 Å². The number of rotatable bonds is 3. The highest BCUT2D eigenvalue weighted by atomic mass is 32.1. The highest BCUT2D eigenvalue weighted by molar-refractivity contribution is 7.13. The second-order valence-electron chi connectivity index (χ2n) is 3.14. The van der Waals surface area contributed by atoms with Crippen LogP contribution in [0.4, 0.5) is 10.8 Å². The predicted octanol–water partition coefficient (Wildman–Crippen LogP) is 1.30. The lowest BCUT2D eigenvalue weighted by Gasteiger charge is -2.02. The number of nitrogens with zero attached hydrogens (tertiary/aromatic N) is 2. The van der Waals surface area contributed by atoms with E-state index in [4.69, 9.17) is 5.73 Å². The number of aromatic nitrogens is 2. The van der Waals surface area contributed by atoms with Crippen molar-refractivity contribution >= 4 is 28.1 Å². The summed E-state index contributed by atoms with van der Waals surface area (Å²) in [6.07, 6.45) is 3.48. The fourth-order valence-corrected chi connectivity index (χ4v) is 1.77. The number of carbonyl (C=O) groups excluding carboxylic acids is 1. The van der Waals surface area contributed by atoms with Crippen molar-refractivity contribution in [3.8, 4) is 0 Å². The molecule has 5 nitrogen and oxygen atoms in total. The molecule has 0 radical (unpaired) electrons. The van der Waals surface area contributed by atoms with E-state index in [1.54, 1.807) is 29.9 Å². The van der Waals surface area contributed by atoms with Crippen LogP contribution in [0.15, 0.2) is 29.9 Å². The monoisotopic (exact) mass is 234 g/mol. The zero-order chi connectivity index (χ0) is 11.4. The van der Waals surface area contributed by atoms with E-state index in [2.05, 4.69) is 15.3 Å². The summed E-state index contributed by atoms with van der Waals surface area (Å²) in [5.41, 5.74) is 6.89. The van der Waals surface area contributed by atoms with E-state index < -0.39 is 0 Å². The molecule has 0 saturated heterocycles. The van der Waals surface area contributed by atoms with Gasteiger partial charge < -0.3 is 11.1 Å². The molecule has 2 heterocycles. The minimum Gasteiger partial charge on any atom is -0.375 e. The van der Waals surface area contributed by atoms with Gasteiger partial charge in [-0.05, 0) is 12.1 Å². The van der Waals surface area contributed by atoms with Crippen molar-refractivity contribution in [1.29, 1.82) is 0 Å². The van der Waals surface area contributed by atoms with Gasteiger partial charge in [-0.3, -0.25) is 9.78 Å². The molecular formula is C10H10N4OS. The number of pyridine rings is 1. The van der Waals surface area contributed by atoms with Crippen LogP contribution >= 0.6 is 11.3 Å². The van der Waals surface area contributed by atoms with Gasteiger partial charge in [0.05, 0.1) is 12.1 Å². The van der Waals surface area contributed by atoms with Crippen molar-refractivity contribution in [2.45, 2.75) is 6.42 Å². The first-order valence-electron chi connectivity index (χ1n) is 4.64. The third-order valence-electron chi connectivity index (χ3n) is 1.88. The molecule has 0 aliphatic rings. The fourth-order valence-electron chi connectivity index (χ4n) is 1.21. The molecule has 2 rings (SSSR count). The van der Waals surface area contributed by atoms with Gasteiger partial charge in [-0.2, -0.15) is 0 Å². The molecule has 0 atom stereocenters. The van der Waals surface area contributed by atoms with Crippen LogP contribution in [0, 0.1) is 0 Å². The van der Waals surface area contributed by atoms with Gasteiger partial charge in [0, 0.05) is 23.5 Å². The summed E-state index contributed by atoms with van der Waals surface area (Å²) in [6.45, 7) is 0. The zero-order valence-corrected chi connectivity index (χ0v) is 9.20. The van der Waals surface area contributed by atoms with Crippen LogP contribution < -0.4 is 11.1 Å². The van der Waals surface area contributed by atoms with Crippen LogP contribution in [0.25, 0.3) is 0 Å². The van der Waals surface area contributed by atoms with Gasteiger partial charge in [-0.25, -0.2) is 4.98 Å². The van der Waals surface area contributed by atoms with Gasteiger partial charge in [0.2, 0.25) is 5.91 Å². The predicted molar refractivity (Wildman–Crippen MR) is 63.1 cm³/mol. The van der Waals surface area contributed by atoms with Gasteiger partial charge in [-0.1, -0.05) is 0 Å². The summed E-state index contributed by atoms with van der Waals surface area (Å²) in [7, 11) is 0. The highest BCUT2D eigenvalue weighted by Gasteiger charge is 2.06. The number of nitrogen functional groups attached to an aromatic ring is 1. The van der Waals surface area contributed by atoms with Crippen molar-refractivity contribution in [2.24, 2.45) is 0 Å². The molecule has 6 heteroatoms. The van der Waals surface area contributed by atoms with E-state index in [9.17, 15) is 4.79 Å². The smallest absolute Gasteiger partial charge is 0.230 e. The van der Waals surface area contributed by atoms with Crippen molar-refractivity contribution in [3.05, 3.63) is 35.6 Å². The third-order valence-corrected chi connectivity index (χ3v) is 2.60. The van der Waals surface area contributed by atoms with E-state index in [1.165, 1.54) is 11.3 Å². The molecule has 0 aliphatic heterocycles. The number of carbonyl (C=O) groups is 1.